The Morgan fingerprint density at radius 1 is 1.24 bits per heavy atom. The van der Waals surface area contributed by atoms with Gasteiger partial charge in [-0.1, -0.05) is 36.3 Å². The van der Waals surface area contributed by atoms with Gasteiger partial charge in [-0.15, -0.1) is 0 Å². The molecule has 1 aromatic heterocycles. The van der Waals surface area contributed by atoms with E-state index >= 15 is 0 Å². The smallest absolute Gasteiger partial charge is 0.231 e. The van der Waals surface area contributed by atoms with Gasteiger partial charge in [-0.05, 0) is 19.4 Å². The minimum atomic E-state index is 0.000158. The van der Waals surface area contributed by atoms with Crippen molar-refractivity contribution in [1.29, 1.82) is 0 Å². The minimum absolute atomic E-state index is 0.000158. The van der Waals surface area contributed by atoms with Crippen LogP contribution in [0.1, 0.15) is 31.2 Å². The monoisotopic (exact) mass is 231 g/mol. The Labute approximate surface area is 101 Å². The molecule has 0 aliphatic heterocycles. The van der Waals surface area contributed by atoms with Crippen molar-refractivity contribution in [2.45, 2.75) is 32.7 Å². The van der Waals surface area contributed by atoms with Crippen LogP contribution in [-0.2, 0) is 0 Å². The molecule has 1 aromatic carbocycles. The Morgan fingerprint density at radius 3 is 2.59 bits per heavy atom. The summed E-state index contributed by atoms with van der Waals surface area (Å²) in [5.41, 5.74) is 7.95. The van der Waals surface area contributed by atoms with Crippen molar-refractivity contribution in [3.05, 3.63) is 35.7 Å². The molecule has 0 amide bonds. The predicted molar refractivity (Wildman–Crippen MR) is 66.5 cm³/mol. The van der Waals surface area contributed by atoms with Gasteiger partial charge in [0.2, 0.25) is 11.7 Å². The quantitative estimate of drug-likeness (QED) is 0.881. The summed E-state index contributed by atoms with van der Waals surface area (Å²) in [4.78, 5) is 4.40. The van der Waals surface area contributed by atoms with E-state index in [1.54, 1.807) is 0 Å². The number of nitrogens with two attached hydrogens (primary N) is 1. The molecular weight excluding hydrogens is 214 g/mol. The highest BCUT2D eigenvalue weighted by molar-refractivity contribution is 5.58. The van der Waals surface area contributed by atoms with Gasteiger partial charge in [-0.2, -0.15) is 4.98 Å². The zero-order valence-corrected chi connectivity index (χ0v) is 10.3. The van der Waals surface area contributed by atoms with E-state index in [1.807, 2.05) is 45.0 Å². The first-order chi connectivity index (χ1) is 8.09. The minimum Gasteiger partial charge on any atom is -0.339 e. The lowest BCUT2D eigenvalue weighted by Crippen LogP contribution is -2.22. The second-order valence-corrected chi connectivity index (χ2v) is 4.42. The van der Waals surface area contributed by atoms with Gasteiger partial charge >= 0.3 is 0 Å². The summed E-state index contributed by atoms with van der Waals surface area (Å²) in [6, 6.07) is 7.97. The molecule has 0 spiro atoms. The molecule has 4 nitrogen and oxygen atoms in total. The molecule has 1 heterocycles. The van der Waals surface area contributed by atoms with Gasteiger partial charge in [0.15, 0.2) is 0 Å². The van der Waals surface area contributed by atoms with Gasteiger partial charge in [0.1, 0.15) is 0 Å². The zero-order valence-electron chi connectivity index (χ0n) is 10.3. The highest BCUT2D eigenvalue weighted by Gasteiger charge is 2.18. The lowest BCUT2D eigenvalue weighted by molar-refractivity contribution is 0.346. The second kappa shape index (κ2) is 4.67. The van der Waals surface area contributed by atoms with Crippen LogP contribution in [0.4, 0.5) is 0 Å². The van der Waals surface area contributed by atoms with Gasteiger partial charge in [-0.25, -0.2) is 0 Å². The fourth-order valence-electron chi connectivity index (χ4n) is 1.58. The lowest BCUT2D eigenvalue weighted by atomic mass is 10.1. The molecule has 0 fully saturated rings. The van der Waals surface area contributed by atoms with E-state index in [0.717, 1.165) is 11.1 Å². The molecule has 2 aromatic rings. The first kappa shape index (κ1) is 11.8. The molecule has 2 unspecified atom stereocenters. The standard InChI is InChI=1S/C13H17N3O/c1-8-6-4-5-7-11(8)12-15-13(17-16-12)9(2)10(3)14/h4-7,9-10H,14H2,1-3H3. The molecule has 0 aliphatic rings. The van der Waals surface area contributed by atoms with E-state index < -0.39 is 0 Å². The summed E-state index contributed by atoms with van der Waals surface area (Å²) in [6.07, 6.45) is 0. The Bertz CT molecular complexity index is 505. The van der Waals surface area contributed by atoms with E-state index in [2.05, 4.69) is 10.1 Å². The van der Waals surface area contributed by atoms with Gasteiger partial charge < -0.3 is 10.3 Å². The van der Waals surface area contributed by atoms with Crippen LogP contribution in [0, 0.1) is 6.92 Å². The second-order valence-electron chi connectivity index (χ2n) is 4.42. The van der Waals surface area contributed by atoms with Crippen LogP contribution in [0.2, 0.25) is 0 Å². The van der Waals surface area contributed by atoms with Gasteiger partial charge in [0, 0.05) is 11.6 Å². The van der Waals surface area contributed by atoms with Crippen molar-refractivity contribution in [3.8, 4) is 11.4 Å². The molecule has 2 rings (SSSR count). The van der Waals surface area contributed by atoms with E-state index in [-0.39, 0.29) is 12.0 Å². The molecule has 4 heteroatoms. The van der Waals surface area contributed by atoms with Crippen molar-refractivity contribution in [2.75, 3.05) is 0 Å². The van der Waals surface area contributed by atoms with Crippen LogP contribution < -0.4 is 5.73 Å². The maximum Gasteiger partial charge on any atom is 0.231 e. The van der Waals surface area contributed by atoms with Gasteiger partial charge in [-0.3, -0.25) is 0 Å². The summed E-state index contributed by atoms with van der Waals surface area (Å²) >= 11 is 0. The molecular formula is C13H17N3O. The molecule has 90 valence electrons. The van der Waals surface area contributed by atoms with Crippen LogP contribution in [0.25, 0.3) is 11.4 Å². The highest BCUT2D eigenvalue weighted by Crippen LogP contribution is 2.23. The molecule has 0 bridgehead atoms. The first-order valence-electron chi connectivity index (χ1n) is 5.74. The predicted octanol–water partition coefficient (Wildman–Crippen LogP) is 2.50. The Kier molecular flexibility index (Phi) is 3.24. The third-order valence-electron chi connectivity index (χ3n) is 3.01. The molecule has 2 atom stereocenters. The molecule has 17 heavy (non-hydrogen) atoms. The molecule has 0 saturated carbocycles. The third-order valence-corrected chi connectivity index (χ3v) is 3.01. The van der Waals surface area contributed by atoms with Crippen molar-refractivity contribution in [2.24, 2.45) is 5.73 Å². The number of nitrogens with zero attached hydrogens (tertiary/aromatic N) is 2. The Balaban J connectivity index is 2.34. The summed E-state index contributed by atoms with van der Waals surface area (Å²) in [6.45, 7) is 5.95. The number of hydrogen-bond donors (Lipinski definition) is 1. The van der Waals surface area contributed by atoms with Crippen LogP contribution >= 0.6 is 0 Å². The zero-order chi connectivity index (χ0) is 12.4. The largest absolute Gasteiger partial charge is 0.339 e. The van der Waals surface area contributed by atoms with E-state index in [1.165, 1.54) is 0 Å². The number of rotatable bonds is 3. The topological polar surface area (TPSA) is 64.9 Å². The SMILES string of the molecule is Cc1ccccc1-c1noc(C(C)C(C)N)n1. The van der Waals surface area contributed by atoms with Crippen LogP contribution in [0.15, 0.2) is 28.8 Å². The van der Waals surface area contributed by atoms with Crippen molar-refractivity contribution in [3.63, 3.8) is 0 Å². The number of benzene rings is 1. The summed E-state index contributed by atoms with van der Waals surface area (Å²) in [5.74, 6) is 1.30. The fraction of sp³-hybridized carbons (Fsp3) is 0.385. The van der Waals surface area contributed by atoms with E-state index in [4.69, 9.17) is 10.3 Å². The van der Waals surface area contributed by atoms with Crippen LogP contribution in [-0.4, -0.2) is 16.2 Å². The van der Waals surface area contributed by atoms with Gasteiger partial charge in [0.05, 0.1) is 5.92 Å². The van der Waals surface area contributed by atoms with Crippen LogP contribution in [0.3, 0.4) is 0 Å². The van der Waals surface area contributed by atoms with Crippen LogP contribution in [0.5, 0.6) is 0 Å². The fourth-order valence-corrected chi connectivity index (χ4v) is 1.58. The average molecular weight is 231 g/mol. The number of aryl methyl sites for hydroxylation is 1. The van der Waals surface area contributed by atoms with Crippen molar-refractivity contribution < 1.29 is 4.52 Å². The van der Waals surface area contributed by atoms with Crippen molar-refractivity contribution >= 4 is 0 Å². The van der Waals surface area contributed by atoms with Gasteiger partial charge in [0.25, 0.3) is 0 Å². The summed E-state index contributed by atoms with van der Waals surface area (Å²) in [5, 5.41) is 4.01. The Hall–Kier alpha value is -1.68. The molecule has 2 N–H and O–H groups in total. The maximum absolute atomic E-state index is 5.82. The Morgan fingerprint density at radius 2 is 1.94 bits per heavy atom. The van der Waals surface area contributed by atoms with E-state index in [9.17, 15) is 0 Å². The third kappa shape index (κ3) is 2.36. The number of aromatic nitrogens is 2. The molecule has 0 radical (unpaired) electrons. The lowest BCUT2D eigenvalue weighted by Gasteiger charge is -2.09. The highest BCUT2D eigenvalue weighted by atomic mass is 16.5. The normalized spacial score (nSPS) is 14.6. The maximum atomic E-state index is 5.82. The summed E-state index contributed by atoms with van der Waals surface area (Å²) in [7, 11) is 0. The number of hydrogen-bond acceptors (Lipinski definition) is 4. The van der Waals surface area contributed by atoms with E-state index in [0.29, 0.717) is 11.7 Å². The van der Waals surface area contributed by atoms with Crippen molar-refractivity contribution in [1.82, 2.24) is 10.1 Å². The average Bonchev–Trinajstić information content (AvgIpc) is 2.77. The first-order valence-corrected chi connectivity index (χ1v) is 5.74. The molecule has 0 aliphatic carbocycles. The summed E-state index contributed by atoms with van der Waals surface area (Å²) < 4.78 is 5.26. The molecule has 0 saturated heterocycles.